The number of ether oxygens (including phenoxy) is 2. The highest BCUT2D eigenvalue weighted by molar-refractivity contribution is 6.35. The summed E-state index contributed by atoms with van der Waals surface area (Å²) in [7, 11) is 1.39. The number of rotatable bonds is 8. The minimum atomic E-state index is -1.35. The lowest BCUT2D eigenvalue weighted by Gasteiger charge is -2.11. The standard InChI is InChI=1S/C15H19N3O6/c1-3-6-16-14(21)15(22)18-17-8-10-4-5-11(12(7-10)23-2)24-9-13(19)20/h4-5,7-8H,3,6,9H2,1-2H3,(H,16,21)(H,18,22)(H,19,20)/p-1/b17-8-. The smallest absolute Gasteiger partial charge is 0.329 e. The predicted octanol–water partition coefficient (Wildman–Crippen LogP) is -1.20. The molecule has 0 radical (unpaired) electrons. The molecule has 0 aromatic heterocycles. The Kier molecular flexibility index (Phi) is 7.76. The molecule has 130 valence electrons. The van der Waals surface area contributed by atoms with E-state index in [9.17, 15) is 19.5 Å². The van der Waals surface area contributed by atoms with E-state index in [-0.39, 0.29) is 11.5 Å². The summed E-state index contributed by atoms with van der Waals surface area (Å²) in [6.07, 6.45) is 2.02. The van der Waals surface area contributed by atoms with E-state index < -0.39 is 24.4 Å². The Morgan fingerprint density at radius 1 is 1.25 bits per heavy atom. The maximum atomic E-state index is 11.4. The van der Waals surface area contributed by atoms with Crippen molar-refractivity contribution in [3.63, 3.8) is 0 Å². The summed E-state index contributed by atoms with van der Waals surface area (Å²) in [5.41, 5.74) is 2.64. The van der Waals surface area contributed by atoms with Crippen molar-refractivity contribution >= 4 is 24.0 Å². The number of nitrogens with zero attached hydrogens (tertiary/aromatic N) is 1. The van der Waals surface area contributed by atoms with Crippen LogP contribution in [0, 0.1) is 0 Å². The van der Waals surface area contributed by atoms with Gasteiger partial charge in [-0.3, -0.25) is 9.59 Å². The van der Waals surface area contributed by atoms with E-state index in [1.807, 2.05) is 6.92 Å². The van der Waals surface area contributed by atoms with E-state index in [1.54, 1.807) is 6.07 Å². The van der Waals surface area contributed by atoms with Gasteiger partial charge in [-0.25, -0.2) is 5.43 Å². The van der Waals surface area contributed by atoms with Crippen LogP contribution in [0.3, 0.4) is 0 Å². The van der Waals surface area contributed by atoms with E-state index in [0.717, 1.165) is 0 Å². The molecular weight excluding hydrogens is 318 g/mol. The molecule has 0 bridgehead atoms. The number of hydrogen-bond acceptors (Lipinski definition) is 7. The minimum absolute atomic E-state index is 0.224. The van der Waals surface area contributed by atoms with Gasteiger partial charge < -0.3 is 24.7 Å². The summed E-state index contributed by atoms with van der Waals surface area (Å²) in [5, 5.41) is 16.5. The summed E-state index contributed by atoms with van der Waals surface area (Å²) in [5.74, 6) is -2.49. The highest BCUT2D eigenvalue weighted by atomic mass is 16.5. The molecular formula is C15H18N3O6-. The first-order valence-corrected chi connectivity index (χ1v) is 7.09. The van der Waals surface area contributed by atoms with Gasteiger partial charge in [0, 0.05) is 6.54 Å². The normalized spacial score (nSPS) is 10.2. The molecule has 1 aromatic carbocycles. The predicted molar refractivity (Wildman–Crippen MR) is 82.5 cm³/mol. The lowest BCUT2D eigenvalue weighted by Crippen LogP contribution is -2.38. The van der Waals surface area contributed by atoms with Gasteiger partial charge in [-0.2, -0.15) is 5.10 Å². The Hall–Kier alpha value is -3.10. The Balaban J connectivity index is 2.65. The van der Waals surface area contributed by atoms with Crippen molar-refractivity contribution in [1.82, 2.24) is 10.7 Å². The largest absolute Gasteiger partial charge is 0.546 e. The summed E-state index contributed by atoms with van der Waals surface area (Å²) in [6.45, 7) is 1.66. The van der Waals surface area contributed by atoms with Gasteiger partial charge in [0.05, 0.1) is 19.3 Å². The lowest BCUT2D eigenvalue weighted by molar-refractivity contribution is -0.307. The van der Waals surface area contributed by atoms with Gasteiger partial charge in [0.15, 0.2) is 11.5 Å². The van der Waals surface area contributed by atoms with E-state index in [1.165, 1.54) is 25.5 Å². The maximum Gasteiger partial charge on any atom is 0.329 e. The summed E-state index contributed by atoms with van der Waals surface area (Å²) < 4.78 is 10.1. The van der Waals surface area contributed by atoms with Crippen LogP contribution < -0.4 is 25.3 Å². The van der Waals surface area contributed by atoms with Crippen molar-refractivity contribution in [2.24, 2.45) is 5.10 Å². The second-order valence-corrected chi connectivity index (χ2v) is 4.53. The third-order valence-corrected chi connectivity index (χ3v) is 2.65. The fourth-order valence-electron chi connectivity index (χ4n) is 1.56. The fourth-order valence-corrected chi connectivity index (χ4v) is 1.56. The third kappa shape index (κ3) is 6.34. The van der Waals surface area contributed by atoms with Gasteiger partial charge in [-0.05, 0) is 30.2 Å². The molecule has 9 heteroatoms. The monoisotopic (exact) mass is 336 g/mol. The number of hydrogen-bond donors (Lipinski definition) is 2. The number of aliphatic carboxylic acids is 1. The van der Waals surface area contributed by atoms with Crippen LogP contribution in [0.25, 0.3) is 0 Å². The van der Waals surface area contributed by atoms with Crippen LogP contribution in [0.1, 0.15) is 18.9 Å². The first-order valence-electron chi connectivity index (χ1n) is 7.09. The molecule has 0 unspecified atom stereocenters. The molecule has 0 spiro atoms. The van der Waals surface area contributed by atoms with E-state index >= 15 is 0 Å². The molecule has 0 aliphatic rings. The molecule has 1 aromatic rings. The quantitative estimate of drug-likeness (QED) is 0.348. The Morgan fingerprint density at radius 2 is 2.00 bits per heavy atom. The molecule has 0 aliphatic carbocycles. The van der Waals surface area contributed by atoms with Crippen LogP contribution in [0.4, 0.5) is 0 Å². The number of methoxy groups -OCH3 is 1. The average Bonchev–Trinajstić information content (AvgIpc) is 2.57. The number of carboxylic acid groups (broad SMARTS) is 1. The molecule has 24 heavy (non-hydrogen) atoms. The minimum Gasteiger partial charge on any atom is -0.546 e. The third-order valence-electron chi connectivity index (χ3n) is 2.65. The molecule has 2 N–H and O–H groups in total. The molecule has 0 fully saturated rings. The molecule has 1 rings (SSSR count). The molecule has 0 saturated heterocycles. The molecule has 0 saturated carbocycles. The van der Waals surface area contributed by atoms with Crippen LogP contribution in [0.5, 0.6) is 11.5 Å². The van der Waals surface area contributed by atoms with E-state index in [2.05, 4.69) is 15.8 Å². The van der Waals surface area contributed by atoms with Crippen LogP contribution in [-0.4, -0.2) is 44.3 Å². The number of carbonyl (C=O) groups is 3. The lowest BCUT2D eigenvalue weighted by atomic mass is 10.2. The number of nitrogens with one attached hydrogen (secondary N) is 2. The Morgan fingerprint density at radius 3 is 2.62 bits per heavy atom. The highest BCUT2D eigenvalue weighted by Crippen LogP contribution is 2.27. The SMILES string of the molecule is CCCNC(=O)C(=O)N/N=C\c1ccc(OCC(=O)[O-])c(OC)c1. The zero-order valence-corrected chi connectivity index (χ0v) is 13.3. The van der Waals surface area contributed by atoms with Crippen LogP contribution in [0.15, 0.2) is 23.3 Å². The molecule has 2 amide bonds. The Bertz CT molecular complexity index is 630. The second-order valence-electron chi connectivity index (χ2n) is 4.53. The zero-order valence-electron chi connectivity index (χ0n) is 13.3. The summed E-state index contributed by atoms with van der Waals surface area (Å²) in [6, 6.07) is 4.58. The number of hydrazone groups is 1. The number of amides is 2. The average molecular weight is 336 g/mol. The maximum absolute atomic E-state index is 11.4. The van der Waals surface area contributed by atoms with Crippen molar-refractivity contribution in [2.45, 2.75) is 13.3 Å². The van der Waals surface area contributed by atoms with Crippen molar-refractivity contribution < 1.29 is 29.0 Å². The molecule has 0 heterocycles. The van der Waals surface area contributed by atoms with Crippen molar-refractivity contribution in [1.29, 1.82) is 0 Å². The summed E-state index contributed by atoms with van der Waals surface area (Å²) in [4.78, 5) is 33.1. The zero-order chi connectivity index (χ0) is 17.9. The van der Waals surface area contributed by atoms with Crippen LogP contribution in [-0.2, 0) is 14.4 Å². The van der Waals surface area contributed by atoms with Gasteiger partial charge in [-0.1, -0.05) is 6.92 Å². The van der Waals surface area contributed by atoms with E-state index in [0.29, 0.717) is 18.5 Å². The van der Waals surface area contributed by atoms with Crippen molar-refractivity contribution in [2.75, 3.05) is 20.3 Å². The number of carbonyl (C=O) groups excluding carboxylic acids is 3. The van der Waals surface area contributed by atoms with Crippen molar-refractivity contribution in [3.8, 4) is 11.5 Å². The fraction of sp³-hybridized carbons (Fsp3) is 0.333. The highest BCUT2D eigenvalue weighted by Gasteiger charge is 2.11. The second kappa shape index (κ2) is 9.82. The summed E-state index contributed by atoms with van der Waals surface area (Å²) >= 11 is 0. The molecule has 9 nitrogen and oxygen atoms in total. The van der Waals surface area contributed by atoms with Crippen LogP contribution >= 0.6 is 0 Å². The van der Waals surface area contributed by atoms with Crippen molar-refractivity contribution in [3.05, 3.63) is 23.8 Å². The van der Waals surface area contributed by atoms with Gasteiger partial charge in [0.25, 0.3) is 0 Å². The van der Waals surface area contributed by atoms with Crippen LogP contribution in [0.2, 0.25) is 0 Å². The molecule has 0 aliphatic heterocycles. The first kappa shape index (κ1) is 18.9. The Labute approximate surface area is 138 Å². The van der Waals surface area contributed by atoms with Gasteiger partial charge in [0.1, 0.15) is 6.61 Å². The first-order chi connectivity index (χ1) is 11.5. The molecule has 0 atom stereocenters. The van der Waals surface area contributed by atoms with Gasteiger partial charge >= 0.3 is 11.8 Å². The number of benzene rings is 1. The van der Waals surface area contributed by atoms with Gasteiger partial charge in [0.2, 0.25) is 0 Å². The van der Waals surface area contributed by atoms with Gasteiger partial charge in [-0.15, -0.1) is 0 Å². The number of carboxylic acids is 1. The van der Waals surface area contributed by atoms with E-state index in [4.69, 9.17) is 9.47 Å². The topological polar surface area (TPSA) is 129 Å².